The normalized spacial score (nSPS) is 10.1. The van der Waals surface area contributed by atoms with E-state index in [1.165, 1.54) is 6.07 Å². The van der Waals surface area contributed by atoms with E-state index in [4.69, 9.17) is 4.74 Å². The van der Waals surface area contributed by atoms with Crippen molar-refractivity contribution in [1.29, 1.82) is 0 Å². The van der Waals surface area contributed by atoms with Crippen LogP contribution < -0.4 is 0 Å². The van der Waals surface area contributed by atoms with Crippen LogP contribution in [0.1, 0.15) is 22.8 Å². The molecule has 15 heavy (non-hydrogen) atoms. The molecule has 0 unspecified atom stereocenters. The number of alkyl halides is 1. The molecule has 0 atom stereocenters. The zero-order valence-corrected chi connectivity index (χ0v) is 11.2. The number of esters is 1. The van der Waals surface area contributed by atoms with Gasteiger partial charge in [0.2, 0.25) is 0 Å². The predicted molar refractivity (Wildman–Crippen MR) is 62.7 cm³/mol. The third-order valence-corrected chi connectivity index (χ3v) is 3.29. The van der Waals surface area contributed by atoms with E-state index in [1.54, 1.807) is 6.92 Å². The van der Waals surface area contributed by atoms with Crippen LogP contribution in [0, 0.1) is 5.82 Å². The Morgan fingerprint density at radius 3 is 2.73 bits per heavy atom. The van der Waals surface area contributed by atoms with Crippen LogP contribution in [0.5, 0.6) is 0 Å². The highest BCUT2D eigenvalue weighted by Crippen LogP contribution is 2.26. The first kappa shape index (κ1) is 12.6. The number of rotatable bonds is 3. The van der Waals surface area contributed by atoms with Crippen molar-refractivity contribution >= 4 is 37.8 Å². The highest BCUT2D eigenvalue weighted by Gasteiger charge is 2.15. The summed E-state index contributed by atoms with van der Waals surface area (Å²) >= 11 is 6.46. The average molecular weight is 340 g/mol. The Balaban J connectivity index is 3.17. The van der Waals surface area contributed by atoms with E-state index in [1.807, 2.05) is 0 Å². The van der Waals surface area contributed by atoms with Crippen LogP contribution >= 0.6 is 31.9 Å². The minimum Gasteiger partial charge on any atom is -0.462 e. The zero-order chi connectivity index (χ0) is 11.4. The third-order valence-electron chi connectivity index (χ3n) is 1.75. The maximum absolute atomic E-state index is 13.1. The van der Waals surface area contributed by atoms with Crippen LogP contribution in [0.15, 0.2) is 16.6 Å². The number of carbonyl (C=O) groups is 1. The van der Waals surface area contributed by atoms with Crippen molar-refractivity contribution in [3.05, 3.63) is 33.5 Å². The second kappa shape index (κ2) is 5.61. The van der Waals surface area contributed by atoms with E-state index in [0.717, 1.165) is 6.07 Å². The molecule has 1 aromatic rings. The summed E-state index contributed by atoms with van der Waals surface area (Å²) in [6.07, 6.45) is 0. The van der Waals surface area contributed by atoms with Crippen molar-refractivity contribution < 1.29 is 13.9 Å². The molecule has 0 radical (unpaired) electrons. The Bertz CT molecular complexity index is 380. The second-order valence-corrected chi connectivity index (χ2v) is 4.13. The Hall–Kier alpha value is -0.420. The fourth-order valence-electron chi connectivity index (χ4n) is 1.10. The lowest BCUT2D eigenvalue weighted by Gasteiger charge is -2.07. The number of ether oxygens (including phenoxy) is 1. The van der Waals surface area contributed by atoms with E-state index in [-0.39, 0.29) is 12.2 Å². The van der Waals surface area contributed by atoms with Gasteiger partial charge in [-0.15, -0.1) is 0 Å². The van der Waals surface area contributed by atoms with E-state index in [0.29, 0.717) is 15.4 Å². The summed E-state index contributed by atoms with van der Waals surface area (Å²) in [4.78, 5) is 11.5. The molecule has 0 saturated carbocycles. The lowest BCUT2D eigenvalue weighted by molar-refractivity contribution is 0.0524. The molecule has 0 spiro atoms. The quantitative estimate of drug-likeness (QED) is 0.620. The van der Waals surface area contributed by atoms with Crippen molar-refractivity contribution in [2.75, 3.05) is 6.61 Å². The molecule has 0 amide bonds. The molecule has 0 aliphatic rings. The smallest absolute Gasteiger partial charge is 0.339 e. The number of carbonyl (C=O) groups excluding carboxylic acids is 1. The monoisotopic (exact) mass is 338 g/mol. The molecule has 0 N–H and O–H groups in total. The Morgan fingerprint density at radius 2 is 2.20 bits per heavy atom. The molecule has 5 heteroatoms. The molecule has 0 heterocycles. The zero-order valence-electron chi connectivity index (χ0n) is 8.02. The summed E-state index contributed by atoms with van der Waals surface area (Å²) < 4.78 is 18.5. The predicted octanol–water partition coefficient (Wildman–Crippen LogP) is 3.66. The van der Waals surface area contributed by atoms with E-state index >= 15 is 0 Å². The molecular formula is C10H9Br2FO2. The van der Waals surface area contributed by atoms with Crippen LogP contribution in [0.25, 0.3) is 0 Å². The highest BCUT2D eigenvalue weighted by molar-refractivity contribution is 9.10. The van der Waals surface area contributed by atoms with Crippen molar-refractivity contribution in [3.63, 3.8) is 0 Å². The van der Waals surface area contributed by atoms with Gasteiger partial charge in [-0.25, -0.2) is 9.18 Å². The first-order valence-corrected chi connectivity index (χ1v) is 6.22. The summed E-state index contributed by atoms with van der Waals surface area (Å²) in [5, 5.41) is 0.470. The van der Waals surface area contributed by atoms with E-state index in [2.05, 4.69) is 31.9 Å². The largest absolute Gasteiger partial charge is 0.462 e. The van der Waals surface area contributed by atoms with E-state index in [9.17, 15) is 9.18 Å². The van der Waals surface area contributed by atoms with Crippen molar-refractivity contribution in [1.82, 2.24) is 0 Å². The summed E-state index contributed by atoms with van der Waals surface area (Å²) in [6.45, 7) is 1.97. The highest BCUT2D eigenvalue weighted by atomic mass is 79.9. The van der Waals surface area contributed by atoms with Gasteiger partial charge in [0.15, 0.2) is 0 Å². The average Bonchev–Trinajstić information content (AvgIpc) is 2.21. The van der Waals surface area contributed by atoms with Crippen molar-refractivity contribution in [3.8, 4) is 0 Å². The van der Waals surface area contributed by atoms with Gasteiger partial charge in [0.05, 0.1) is 12.2 Å². The van der Waals surface area contributed by atoms with Gasteiger partial charge in [-0.05, 0) is 40.5 Å². The molecule has 0 fully saturated rings. The molecule has 0 saturated heterocycles. The molecule has 1 aromatic carbocycles. The van der Waals surface area contributed by atoms with Crippen LogP contribution in [-0.4, -0.2) is 12.6 Å². The maximum Gasteiger partial charge on any atom is 0.339 e. The summed E-state index contributed by atoms with van der Waals surface area (Å²) in [5.41, 5.74) is 0.893. The Kier molecular flexibility index (Phi) is 4.73. The van der Waals surface area contributed by atoms with Crippen molar-refractivity contribution in [2.24, 2.45) is 0 Å². The SMILES string of the molecule is CCOC(=O)c1cc(F)cc(CBr)c1Br. The molecule has 2 nitrogen and oxygen atoms in total. The lowest BCUT2D eigenvalue weighted by Crippen LogP contribution is -2.07. The molecule has 0 aliphatic carbocycles. The third kappa shape index (κ3) is 3.01. The van der Waals surface area contributed by atoms with Crippen molar-refractivity contribution in [2.45, 2.75) is 12.3 Å². The van der Waals surface area contributed by atoms with Gasteiger partial charge in [0.25, 0.3) is 0 Å². The first-order valence-electron chi connectivity index (χ1n) is 4.31. The van der Waals surface area contributed by atoms with Gasteiger partial charge >= 0.3 is 5.97 Å². The summed E-state index contributed by atoms with van der Waals surface area (Å²) in [6, 6.07) is 2.52. The number of hydrogen-bond acceptors (Lipinski definition) is 2. The maximum atomic E-state index is 13.1. The van der Waals surface area contributed by atoms with Crippen LogP contribution in [0.2, 0.25) is 0 Å². The molecular weight excluding hydrogens is 331 g/mol. The number of halogens is 3. The van der Waals surface area contributed by atoms with Crippen LogP contribution in [0.4, 0.5) is 4.39 Å². The van der Waals surface area contributed by atoms with Gasteiger partial charge in [0.1, 0.15) is 5.82 Å². The Morgan fingerprint density at radius 1 is 1.53 bits per heavy atom. The Labute approximate surface area is 104 Å². The van der Waals surface area contributed by atoms with Crippen LogP contribution in [-0.2, 0) is 10.1 Å². The molecule has 0 aromatic heterocycles. The van der Waals surface area contributed by atoms with Gasteiger partial charge in [-0.2, -0.15) is 0 Å². The number of benzene rings is 1. The molecule has 1 rings (SSSR count). The van der Waals surface area contributed by atoms with Gasteiger partial charge in [0, 0.05) is 9.80 Å². The van der Waals surface area contributed by atoms with Gasteiger partial charge < -0.3 is 4.74 Å². The molecule has 0 bridgehead atoms. The fraction of sp³-hybridized carbons (Fsp3) is 0.300. The number of hydrogen-bond donors (Lipinski definition) is 0. The first-order chi connectivity index (χ1) is 7.10. The summed E-state index contributed by atoms with van der Waals surface area (Å²) in [7, 11) is 0. The second-order valence-electron chi connectivity index (χ2n) is 2.78. The standard InChI is InChI=1S/C10H9Br2FO2/c1-2-15-10(14)8-4-7(13)3-6(5-11)9(8)12/h3-4H,2,5H2,1H3. The topological polar surface area (TPSA) is 26.3 Å². The van der Waals surface area contributed by atoms with Gasteiger partial charge in [-0.1, -0.05) is 15.9 Å². The lowest BCUT2D eigenvalue weighted by atomic mass is 10.1. The minimum absolute atomic E-state index is 0.214. The van der Waals surface area contributed by atoms with E-state index < -0.39 is 11.8 Å². The summed E-state index contributed by atoms with van der Waals surface area (Å²) in [5.74, 6) is -0.971. The fourth-order valence-corrected chi connectivity index (χ4v) is 2.45. The molecule has 0 aliphatic heterocycles. The van der Waals surface area contributed by atoms with Crippen LogP contribution in [0.3, 0.4) is 0 Å². The van der Waals surface area contributed by atoms with Gasteiger partial charge in [-0.3, -0.25) is 0 Å². The molecule has 82 valence electrons. The minimum atomic E-state index is -0.522.